The fourth-order valence-electron chi connectivity index (χ4n) is 4.25. The maximum atomic E-state index is 12.7. The predicted molar refractivity (Wildman–Crippen MR) is 114 cm³/mol. The quantitative estimate of drug-likeness (QED) is 0.547. The topological polar surface area (TPSA) is 63.3 Å². The average Bonchev–Trinajstić information content (AvgIpc) is 3.10. The zero-order valence-electron chi connectivity index (χ0n) is 17.4. The number of hydrogen-bond acceptors (Lipinski definition) is 3. The number of alkyl halides is 3. The van der Waals surface area contributed by atoms with Gasteiger partial charge in [0, 0.05) is 17.1 Å². The third kappa shape index (κ3) is 3.95. The summed E-state index contributed by atoms with van der Waals surface area (Å²) in [6, 6.07) is 11.1. The predicted octanol–water partition coefficient (Wildman–Crippen LogP) is 5.49. The molecule has 1 saturated heterocycles. The van der Waals surface area contributed by atoms with E-state index in [1.54, 1.807) is 18.3 Å². The molecule has 8 heteroatoms. The van der Waals surface area contributed by atoms with Crippen LogP contribution in [0, 0.1) is 5.92 Å². The van der Waals surface area contributed by atoms with Gasteiger partial charge in [-0.1, -0.05) is 12.1 Å². The van der Waals surface area contributed by atoms with Crippen LogP contribution in [0.2, 0.25) is 0 Å². The molecule has 2 heterocycles. The van der Waals surface area contributed by atoms with Crippen LogP contribution in [0.4, 0.5) is 18.9 Å². The number of hydrogen-bond donors (Lipinski definition) is 2. The lowest BCUT2D eigenvalue weighted by Crippen LogP contribution is -2.45. The molecule has 1 aliphatic heterocycles. The SMILES string of the molecule is C[C@H]1OC[C@H]1C(=O)Nc1c[nH]c2ccc(O[C@H]3C[C@H](c4ccc(C(F)(F)F)cc4)C3)cc12. The first-order valence-corrected chi connectivity index (χ1v) is 10.7. The van der Waals surface area contributed by atoms with Crippen molar-refractivity contribution in [2.24, 2.45) is 5.92 Å². The van der Waals surface area contributed by atoms with E-state index < -0.39 is 11.7 Å². The largest absolute Gasteiger partial charge is 0.490 e. The van der Waals surface area contributed by atoms with E-state index in [1.165, 1.54) is 0 Å². The molecule has 168 valence electrons. The van der Waals surface area contributed by atoms with Gasteiger partial charge in [0.2, 0.25) is 5.91 Å². The smallest absolute Gasteiger partial charge is 0.416 e. The Bertz CT molecular complexity index is 1130. The van der Waals surface area contributed by atoms with Crippen LogP contribution in [0.1, 0.15) is 36.8 Å². The molecule has 5 nitrogen and oxygen atoms in total. The summed E-state index contributed by atoms with van der Waals surface area (Å²) in [7, 11) is 0. The first-order valence-electron chi connectivity index (χ1n) is 10.7. The van der Waals surface area contributed by atoms with Crippen LogP contribution in [0.5, 0.6) is 5.75 Å². The summed E-state index contributed by atoms with van der Waals surface area (Å²) in [4.78, 5) is 15.6. The van der Waals surface area contributed by atoms with Crippen LogP contribution in [0.25, 0.3) is 10.9 Å². The van der Waals surface area contributed by atoms with Gasteiger partial charge in [-0.25, -0.2) is 0 Å². The van der Waals surface area contributed by atoms with Crippen LogP contribution in [-0.2, 0) is 15.7 Å². The molecule has 0 spiro atoms. The van der Waals surface area contributed by atoms with E-state index in [4.69, 9.17) is 9.47 Å². The summed E-state index contributed by atoms with van der Waals surface area (Å²) in [5.41, 5.74) is 1.86. The number of aromatic nitrogens is 1. The fourth-order valence-corrected chi connectivity index (χ4v) is 4.25. The third-order valence-corrected chi connectivity index (χ3v) is 6.46. The molecule has 3 aromatic rings. The molecule has 2 aliphatic rings. The molecule has 2 aromatic carbocycles. The van der Waals surface area contributed by atoms with E-state index in [0.29, 0.717) is 18.0 Å². The Morgan fingerprint density at radius 2 is 1.91 bits per heavy atom. The van der Waals surface area contributed by atoms with Crippen molar-refractivity contribution >= 4 is 22.5 Å². The molecule has 1 aliphatic carbocycles. The van der Waals surface area contributed by atoms with Gasteiger partial charge >= 0.3 is 6.18 Å². The summed E-state index contributed by atoms with van der Waals surface area (Å²) in [5.74, 6) is 0.689. The number of fused-ring (bicyclic) bond motifs is 1. The van der Waals surface area contributed by atoms with E-state index >= 15 is 0 Å². The number of nitrogens with one attached hydrogen (secondary N) is 2. The second-order valence-corrected chi connectivity index (χ2v) is 8.57. The molecule has 32 heavy (non-hydrogen) atoms. The summed E-state index contributed by atoms with van der Waals surface area (Å²) in [6.45, 7) is 2.32. The number of carbonyl (C=O) groups is 1. The summed E-state index contributed by atoms with van der Waals surface area (Å²) in [6.07, 6.45) is -1.12. The lowest BCUT2D eigenvalue weighted by atomic mass is 9.77. The Balaban J connectivity index is 1.21. The zero-order valence-corrected chi connectivity index (χ0v) is 17.4. The lowest BCUT2D eigenvalue weighted by Gasteiger charge is -2.36. The Hall–Kier alpha value is -3.00. The van der Waals surface area contributed by atoms with Crippen molar-refractivity contribution in [3.05, 3.63) is 59.8 Å². The van der Waals surface area contributed by atoms with Gasteiger partial charge in [-0.05, 0) is 61.6 Å². The third-order valence-electron chi connectivity index (χ3n) is 6.46. The van der Waals surface area contributed by atoms with E-state index in [-0.39, 0.29) is 30.0 Å². The molecule has 2 fully saturated rings. The number of amides is 1. The fraction of sp³-hybridized carbons (Fsp3) is 0.375. The first-order chi connectivity index (χ1) is 15.3. The first kappa shape index (κ1) is 20.9. The van der Waals surface area contributed by atoms with E-state index in [1.807, 2.05) is 25.1 Å². The van der Waals surface area contributed by atoms with Crippen LogP contribution in [-0.4, -0.2) is 29.7 Å². The Morgan fingerprint density at radius 3 is 2.53 bits per heavy atom. The number of rotatable bonds is 5. The van der Waals surface area contributed by atoms with Crippen molar-refractivity contribution in [1.82, 2.24) is 4.98 Å². The second-order valence-electron chi connectivity index (χ2n) is 8.57. The Morgan fingerprint density at radius 1 is 1.16 bits per heavy atom. The highest BCUT2D eigenvalue weighted by molar-refractivity contribution is 6.03. The Labute approximate surface area is 182 Å². The highest BCUT2D eigenvalue weighted by Gasteiger charge is 2.35. The van der Waals surface area contributed by atoms with Gasteiger partial charge in [0.1, 0.15) is 5.75 Å². The Kier molecular flexibility index (Phi) is 5.12. The van der Waals surface area contributed by atoms with Gasteiger partial charge in [-0.15, -0.1) is 0 Å². The minimum atomic E-state index is -4.32. The molecule has 0 radical (unpaired) electrons. The number of ether oxygens (including phenoxy) is 2. The normalized spacial score (nSPS) is 25.1. The molecule has 0 bridgehead atoms. The van der Waals surface area contributed by atoms with Crippen molar-refractivity contribution in [2.75, 3.05) is 11.9 Å². The molecule has 1 amide bonds. The molecular weight excluding hydrogens is 421 g/mol. The van der Waals surface area contributed by atoms with Crippen LogP contribution in [0.15, 0.2) is 48.7 Å². The number of H-pyrrole nitrogens is 1. The monoisotopic (exact) mass is 444 g/mol. The number of halogens is 3. The van der Waals surface area contributed by atoms with E-state index in [2.05, 4.69) is 10.3 Å². The summed E-state index contributed by atoms with van der Waals surface area (Å²) >= 11 is 0. The second kappa shape index (κ2) is 7.85. The van der Waals surface area contributed by atoms with Gasteiger partial charge in [0.05, 0.1) is 36.0 Å². The van der Waals surface area contributed by atoms with Crippen LogP contribution < -0.4 is 10.1 Å². The molecule has 2 N–H and O–H groups in total. The van der Waals surface area contributed by atoms with E-state index in [0.717, 1.165) is 41.4 Å². The minimum Gasteiger partial charge on any atom is -0.490 e. The van der Waals surface area contributed by atoms with Crippen molar-refractivity contribution in [2.45, 2.75) is 44.1 Å². The summed E-state index contributed by atoms with van der Waals surface area (Å²) in [5, 5.41) is 3.83. The van der Waals surface area contributed by atoms with Crippen molar-refractivity contribution in [3.8, 4) is 5.75 Å². The number of carbonyl (C=O) groups excluding carboxylic acids is 1. The maximum Gasteiger partial charge on any atom is 0.416 e. The molecular formula is C24H23F3N2O3. The molecule has 0 unspecified atom stereocenters. The van der Waals surface area contributed by atoms with E-state index in [9.17, 15) is 18.0 Å². The minimum absolute atomic E-state index is 0.00435. The van der Waals surface area contributed by atoms with Crippen LogP contribution in [0.3, 0.4) is 0 Å². The van der Waals surface area contributed by atoms with Crippen molar-refractivity contribution < 1.29 is 27.4 Å². The highest BCUT2D eigenvalue weighted by Crippen LogP contribution is 2.41. The van der Waals surface area contributed by atoms with Gasteiger partial charge in [-0.3, -0.25) is 4.79 Å². The zero-order chi connectivity index (χ0) is 22.5. The lowest BCUT2D eigenvalue weighted by molar-refractivity contribution is -0.147. The average molecular weight is 444 g/mol. The van der Waals surface area contributed by atoms with Gasteiger partial charge in [0.25, 0.3) is 0 Å². The standard InChI is InChI=1S/C24H23F3N2O3/c1-13-20(12-31-13)23(30)29-22-11-28-21-7-6-17(10-19(21)22)32-18-8-15(9-18)14-2-4-16(5-3-14)24(25,26)27/h2-7,10-11,13,15,18,20,28H,8-9,12H2,1H3,(H,29,30)/t13-,15-,18-,20-/m1/s1. The number of benzene rings is 2. The molecule has 1 saturated carbocycles. The summed E-state index contributed by atoms with van der Waals surface area (Å²) < 4.78 is 49.6. The van der Waals surface area contributed by atoms with Crippen molar-refractivity contribution in [1.29, 1.82) is 0 Å². The maximum absolute atomic E-state index is 12.7. The molecule has 2 atom stereocenters. The highest BCUT2D eigenvalue weighted by atomic mass is 19.4. The molecule has 1 aromatic heterocycles. The van der Waals surface area contributed by atoms with Gasteiger partial charge < -0.3 is 19.8 Å². The van der Waals surface area contributed by atoms with Crippen molar-refractivity contribution in [3.63, 3.8) is 0 Å². The number of aromatic amines is 1. The van der Waals surface area contributed by atoms with Crippen LogP contribution >= 0.6 is 0 Å². The van der Waals surface area contributed by atoms with Gasteiger partial charge in [-0.2, -0.15) is 13.2 Å². The molecule has 5 rings (SSSR count). The number of anilines is 1. The van der Waals surface area contributed by atoms with Gasteiger partial charge in [0.15, 0.2) is 0 Å².